The standard InChI is InChI=1S/C17H15F3O3/c1-11(21)12(2)22-14-7-9-16(10-8-14)23-15-5-3-13(4-6-15)17(18,19)20/h3-10,12H,1-2H3. The third-order valence-corrected chi connectivity index (χ3v) is 3.13. The lowest BCUT2D eigenvalue weighted by Crippen LogP contribution is -2.20. The molecule has 0 bridgehead atoms. The Morgan fingerprint density at radius 1 is 0.913 bits per heavy atom. The molecule has 2 rings (SSSR count). The molecule has 23 heavy (non-hydrogen) atoms. The van der Waals surface area contributed by atoms with Gasteiger partial charge in [0, 0.05) is 0 Å². The number of benzene rings is 2. The van der Waals surface area contributed by atoms with Gasteiger partial charge in [-0.25, -0.2) is 0 Å². The van der Waals surface area contributed by atoms with Crippen molar-refractivity contribution in [2.45, 2.75) is 26.1 Å². The molecule has 122 valence electrons. The van der Waals surface area contributed by atoms with E-state index in [1.165, 1.54) is 19.1 Å². The lowest BCUT2D eigenvalue weighted by molar-refractivity contribution is -0.137. The van der Waals surface area contributed by atoms with Crippen molar-refractivity contribution in [1.82, 2.24) is 0 Å². The van der Waals surface area contributed by atoms with Crippen molar-refractivity contribution in [2.75, 3.05) is 0 Å². The van der Waals surface area contributed by atoms with Crippen LogP contribution in [-0.2, 0) is 11.0 Å². The lowest BCUT2D eigenvalue weighted by Gasteiger charge is -2.12. The monoisotopic (exact) mass is 324 g/mol. The summed E-state index contributed by atoms with van der Waals surface area (Å²) in [6, 6.07) is 10.9. The minimum absolute atomic E-state index is 0.0879. The maximum absolute atomic E-state index is 12.5. The van der Waals surface area contributed by atoms with Gasteiger partial charge in [-0.15, -0.1) is 0 Å². The number of halogens is 3. The van der Waals surface area contributed by atoms with Crippen molar-refractivity contribution in [3.05, 3.63) is 54.1 Å². The molecule has 0 aliphatic heterocycles. The highest BCUT2D eigenvalue weighted by Crippen LogP contribution is 2.31. The molecule has 0 aliphatic rings. The second-order valence-electron chi connectivity index (χ2n) is 4.97. The van der Waals surface area contributed by atoms with Gasteiger partial charge in [0.05, 0.1) is 5.56 Å². The number of alkyl halides is 3. The van der Waals surface area contributed by atoms with Gasteiger partial charge in [0.25, 0.3) is 0 Å². The van der Waals surface area contributed by atoms with Crippen molar-refractivity contribution in [2.24, 2.45) is 0 Å². The molecule has 2 aromatic carbocycles. The molecule has 2 aromatic rings. The Morgan fingerprint density at radius 2 is 1.35 bits per heavy atom. The van der Waals surface area contributed by atoms with Crippen LogP contribution in [0.1, 0.15) is 19.4 Å². The highest BCUT2D eigenvalue weighted by molar-refractivity contribution is 5.80. The van der Waals surface area contributed by atoms with E-state index in [1.54, 1.807) is 31.2 Å². The van der Waals surface area contributed by atoms with Crippen molar-refractivity contribution in [3.63, 3.8) is 0 Å². The van der Waals surface area contributed by atoms with Gasteiger partial charge >= 0.3 is 6.18 Å². The fourth-order valence-electron chi connectivity index (χ4n) is 1.72. The first kappa shape index (κ1) is 16.9. The van der Waals surface area contributed by atoms with Crippen molar-refractivity contribution in [3.8, 4) is 17.2 Å². The van der Waals surface area contributed by atoms with E-state index in [9.17, 15) is 18.0 Å². The molecule has 0 saturated carbocycles. The zero-order chi connectivity index (χ0) is 17.0. The summed E-state index contributed by atoms with van der Waals surface area (Å²) >= 11 is 0. The fraction of sp³-hybridized carbons (Fsp3) is 0.235. The summed E-state index contributed by atoms with van der Waals surface area (Å²) < 4.78 is 48.3. The summed E-state index contributed by atoms with van der Waals surface area (Å²) in [5.41, 5.74) is -0.730. The van der Waals surface area contributed by atoms with Crippen LogP contribution in [0.25, 0.3) is 0 Å². The third-order valence-electron chi connectivity index (χ3n) is 3.13. The Hall–Kier alpha value is -2.50. The Bertz CT molecular complexity index is 661. The largest absolute Gasteiger partial charge is 0.483 e. The minimum Gasteiger partial charge on any atom is -0.483 e. The van der Waals surface area contributed by atoms with E-state index in [2.05, 4.69) is 0 Å². The maximum atomic E-state index is 12.5. The van der Waals surface area contributed by atoms with E-state index in [0.29, 0.717) is 17.2 Å². The van der Waals surface area contributed by atoms with Crippen LogP contribution in [-0.4, -0.2) is 11.9 Å². The van der Waals surface area contributed by atoms with Crippen LogP contribution < -0.4 is 9.47 Å². The van der Waals surface area contributed by atoms with E-state index < -0.39 is 17.8 Å². The quantitative estimate of drug-likeness (QED) is 0.788. The molecule has 0 N–H and O–H groups in total. The Labute approximate surface area is 131 Å². The van der Waals surface area contributed by atoms with Crippen LogP contribution >= 0.6 is 0 Å². The number of Topliss-reactive ketones (excluding diaryl/α,β-unsaturated/α-hetero) is 1. The van der Waals surface area contributed by atoms with Gasteiger partial charge in [-0.05, 0) is 62.4 Å². The van der Waals surface area contributed by atoms with Crippen LogP contribution in [0.4, 0.5) is 13.2 Å². The highest BCUT2D eigenvalue weighted by atomic mass is 19.4. The molecule has 0 spiro atoms. The van der Waals surface area contributed by atoms with Crippen LogP contribution in [0.2, 0.25) is 0 Å². The Morgan fingerprint density at radius 3 is 1.78 bits per heavy atom. The Kier molecular flexibility index (Phi) is 4.93. The van der Waals surface area contributed by atoms with E-state index in [1.807, 2.05) is 0 Å². The first-order chi connectivity index (χ1) is 10.8. The lowest BCUT2D eigenvalue weighted by atomic mass is 10.2. The number of rotatable bonds is 5. The maximum Gasteiger partial charge on any atom is 0.416 e. The molecule has 0 amide bonds. The SMILES string of the molecule is CC(=O)C(C)Oc1ccc(Oc2ccc(C(F)(F)F)cc2)cc1. The average molecular weight is 324 g/mol. The third kappa shape index (κ3) is 4.74. The summed E-state index contributed by atoms with van der Waals surface area (Å²) in [7, 11) is 0. The summed E-state index contributed by atoms with van der Waals surface area (Å²) in [5, 5.41) is 0. The number of ether oxygens (including phenoxy) is 2. The smallest absolute Gasteiger partial charge is 0.416 e. The van der Waals surface area contributed by atoms with Gasteiger partial charge < -0.3 is 9.47 Å². The number of carbonyl (C=O) groups excluding carboxylic acids is 1. The molecule has 0 radical (unpaired) electrons. The van der Waals surface area contributed by atoms with E-state index in [4.69, 9.17) is 9.47 Å². The minimum atomic E-state index is -4.37. The summed E-state index contributed by atoms with van der Waals surface area (Å²) in [5.74, 6) is 1.17. The topological polar surface area (TPSA) is 35.5 Å². The van der Waals surface area contributed by atoms with Crippen molar-refractivity contribution in [1.29, 1.82) is 0 Å². The Balaban J connectivity index is 2.02. The fourth-order valence-corrected chi connectivity index (χ4v) is 1.72. The summed E-state index contributed by atoms with van der Waals surface area (Å²) in [4.78, 5) is 11.1. The molecule has 0 aromatic heterocycles. The van der Waals surface area contributed by atoms with Crippen molar-refractivity contribution < 1.29 is 27.4 Å². The summed E-state index contributed by atoms with van der Waals surface area (Å²) in [6.07, 6.45) is -4.91. The van der Waals surface area contributed by atoms with Gasteiger partial charge in [0.15, 0.2) is 11.9 Å². The van der Waals surface area contributed by atoms with E-state index in [-0.39, 0.29) is 5.78 Å². The van der Waals surface area contributed by atoms with Gasteiger partial charge in [-0.3, -0.25) is 4.79 Å². The molecular formula is C17H15F3O3. The van der Waals surface area contributed by atoms with Crippen LogP contribution in [0.3, 0.4) is 0 Å². The number of carbonyl (C=O) groups is 1. The highest BCUT2D eigenvalue weighted by Gasteiger charge is 2.30. The second kappa shape index (κ2) is 6.73. The zero-order valence-corrected chi connectivity index (χ0v) is 12.6. The number of hydrogen-bond donors (Lipinski definition) is 0. The number of ketones is 1. The van der Waals surface area contributed by atoms with Gasteiger partial charge in [0.1, 0.15) is 17.2 Å². The van der Waals surface area contributed by atoms with Crippen LogP contribution in [0.15, 0.2) is 48.5 Å². The normalized spacial score (nSPS) is 12.6. The van der Waals surface area contributed by atoms with Gasteiger partial charge in [-0.2, -0.15) is 13.2 Å². The molecule has 0 saturated heterocycles. The molecule has 1 atom stereocenters. The van der Waals surface area contributed by atoms with E-state index >= 15 is 0 Å². The molecule has 0 fully saturated rings. The van der Waals surface area contributed by atoms with Crippen LogP contribution in [0.5, 0.6) is 17.2 Å². The van der Waals surface area contributed by atoms with Crippen LogP contribution in [0, 0.1) is 0 Å². The molecule has 6 heteroatoms. The molecular weight excluding hydrogens is 309 g/mol. The predicted octanol–water partition coefficient (Wildman–Crippen LogP) is 4.85. The van der Waals surface area contributed by atoms with E-state index in [0.717, 1.165) is 12.1 Å². The first-order valence-corrected chi connectivity index (χ1v) is 6.88. The second-order valence-corrected chi connectivity index (χ2v) is 4.97. The first-order valence-electron chi connectivity index (χ1n) is 6.88. The molecule has 1 unspecified atom stereocenters. The zero-order valence-electron chi connectivity index (χ0n) is 12.6. The van der Waals surface area contributed by atoms with Gasteiger partial charge in [-0.1, -0.05) is 0 Å². The predicted molar refractivity (Wildman–Crippen MR) is 78.7 cm³/mol. The molecule has 0 aliphatic carbocycles. The molecule has 3 nitrogen and oxygen atoms in total. The van der Waals surface area contributed by atoms with Crippen molar-refractivity contribution >= 4 is 5.78 Å². The van der Waals surface area contributed by atoms with Gasteiger partial charge in [0.2, 0.25) is 0 Å². The number of hydrogen-bond acceptors (Lipinski definition) is 3. The summed E-state index contributed by atoms with van der Waals surface area (Å²) in [6.45, 7) is 3.09. The molecule has 0 heterocycles. The average Bonchev–Trinajstić information content (AvgIpc) is 2.49.